The van der Waals surface area contributed by atoms with Crippen LogP contribution < -0.4 is 0 Å². The summed E-state index contributed by atoms with van der Waals surface area (Å²) in [6, 6.07) is 14.7. The molecule has 0 aliphatic carbocycles. The van der Waals surface area contributed by atoms with E-state index in [-0.39, 0.29) is 18.6 Å². The maximum Gasteiger partial charge on any atom is 0.254 e. The van der Waals surface area contributed by atoms with Crippen LogP contribution in [0.5, 0.6) is 0 Å². The number of carbonyl (C=O) groups excluding carboxylic acids is 2. The molecule has 0 bridgehead atoms. The van der Waals surface area contributed by atoms with Crippen molar-refractivity contribution in [1.29, 1.82) is 0 Å². The van der Waals surface area contributed by atoms with Gasteiger partial charge in [-0.25, -0.2) is 0 Å². The van der Waals surface area contributed by atoms with Gasteiger partial charge in [0, 0.05) is 12.1 Å². The SMILES string of the molecule is O=CC1CCCN1C(=O)c1cccc(-c2ccc(CO)cc2)c1. The predicted molar refractivity (Wildman–Crippen MR) is 87.9 cm³/mol. The quantitative estimate of drug-likeness (QED) is 0.883. The molecule has 4 nitrogen and oxygen atoms in total. The lowest BCUT2D eigenvalue weighted by molar-refractivity contribution is -0.111. The average molecular weight is 309 g/mol. The molecule has 0 radical (unpaired) electrons. The zero-order valence-electron chi connectivity index (χ0n) is 12.8. The Morgan fingerprint density at radius 2 is 1.96 bits per heavy atom. The fourth-order valence-electron chi connectivity index (χ4n) is 2.99. The Morgan fingerprint density at radius 3 is 2.65 bits per heavy atom. The number of hydrogen-bond donors (Lipinski definition) is 1. The van der Waals surface area contributed by atoms with Crippen LogP contribution in [-0.4, -0.2) is 34.8 Å². The molecule has 1 aliphatic rings. The Balaban J connectivity index is 1.87. The number of amides is 1. The van der Waals surface area contributed by atoms with Gasteiger partial charge in [-0.3, -0.25) is 4.79 Å². The highest BCUT2D eigenvalue weighted by Crippen LogP contribution is 2.24. The molecule has 1 unspecified atom stereocenters. The van der Waals surface area contributed by atoms with E-state index in [0.717, 1.165) is 35.8 Å². The second-order valence-electron chi connectivity index (χ2n) is 5.78. The van der Waals surface area contributed by atoms with Crippen molar-refractivity contribution >= 4 is 12.2 Å². The lowest BCUT2D eigenvalue weighted by Crippen LogP contribution is -2.36. The number of aliphatic hydroxyl groups excluding tert-OH is 1. The zero-order valence-corrected chi connectivity index (χ0v) is 12.8. The zero-order chi connectivity index (χ0) is 16.2. The topological polar surface area (TPSA) is 57.6 Å². The van der Waals surface area contributed by atoms with Gasteiger partial charge in [-0.15, -0.1) is 0 Å². The van der Waals surface area contributed by atoms with Gasteiger partial charge < -0.3 is 14.8 Å². The summed E-state index contributed by atoms with van der Waals surface area (Å²) in [5, 5.41) is 9.11. The number of carbonyl (C=O) groups is 2. The summed E-state index contributed by atoms with van der Waals surface area (Å²) >= 11 is 0. The number of rotatable bonds is 4. The van der Waals surface area contributed by atoms with Gasteiger partial charge in [-0.05, 0) is 41.7 Å². The molecular formula is C19H19NO3. The van der Waals surface area contributed by atoms with Gasteiger partial charge in [-0.1, -0.05) is 36.4 Å². The average Bonchev–Trinajstić information content (AvgIpc) is 3.10. The van der Waals surface area contributed by atoms with Crippen molar-refractivity contribution in [3.05, 3.63) is 59.7 Å². The number of benzene rings is 2. The maximum absolute atomic E-state index is 12.6. The molecule has 1 saturated heterocycles. The normalized spacial score (nSPS) is 17.3. The Bertz CT molecular complexity index is 709. The Labute approximate surface area is 135 Å². The summed E-state index contributed by atoms with van der Waals surface area (Å²) in [5.41, 5.74) is 3.39. The lowest BCUT2D eigenvalue weighted by atomic mass is 10.0. The molecule has 2 aromatic carbocycles. The largest absolute Gasteiger partial charge is 0.392 e. The lowest BCUT2D eigenvalue weighted by Gasteiger charge is -2.20. The minimum Gasteiger partial charge on any atom is -0.392 e. The predicted octanol–water partition coefficient (Wildman–Crippen LogP) is 2.65. The van der Waals surface area contributed by atoms with E-state index in [1.54, 1.807) is 11.0 Å². The van der Waals surface area contributed by atoms with Gasteiger partial charge >= 0.3 is 0 Å². The number of aldehydes is 1. The molecule has 1 amide bonds. The smallest absolute Gasteiger partial charge is 0.254 e. The molecule has 0 spiro atoms. The number of aliphatic hydroxyl groups is 1. The fourth-order valence-corrected chi connectivity index (χ4v) is 2.99. The van der Waals surface area contributed by atoms with Crippen LogP contribution in [0.3, 0.4) is 0 Å². The van der Waals surface area contributed by atoms with Crippen molar-refractivity contribution in [2.45, 2.75) is 25.5 Å². The molecule has 0 saturated carbocycles. The summed E-state index contributed by atoms with van der Waals surface area (Å²) < 4.78 is 0. The van der Waals surface area contributed by atoms with Gasteiger partial charge in [0.15, 0.2) is 0 Å². The Morgan fingerprint density at radius 1 is 1.17 bits per heavy atom. The van der Waals surface area contributed by atoms with Crippen LogP contribution in [0.1, 0.15) is 28.8 Å². The van der Waals surface area contributed by atoms with Crippen molar-refractivity contribution < 1.29 is 14.7 Å². The van der Waals surface area contributed by atoms with Crippen LogP contribution in [0.4, 0.5) is 0 Å². The Hall–Kier alpha value is -2.46. The first-order valence-corrected chi connectivity index (χ1v) is 7.79. The first-order valence-electron chi connectivity index (χ1n) is 7.79. The second-order valence-corrected chi connectivity index (χ2v) is 5.78. The van der Waals surface area contributed by atoms with E-state index in [1.165, 1.54) is 0 Å². The number of likely N-dealkylation sites (tertiary alicyclic amines) is 1. The first kappa shape index (κ1) is 15.4. The molecule has 2 aromatic rings. The summed E-state index contributed by atoms with van der Waals surface area (Å²) in [6.45, 7) is 0.651. The first-order chi connectivity index (χ1) is 11.2. The summed E-state index contributed by atoms with van der Waals surface area (Å²) in [5.74, 6) is -0.0894. The molecule has 1 aliphatic heterocycles. The van der Waals surface area contributed by atoms with E-state index in [1.807, 2.05) is 42.5 Å². The maximum atomic E-state index is 12.6. The van der Waals surface area contributed by atoms with Gasteiger partial charge in [0.2, 0.25) is 0 Å². The number of nitrogens with zero attached hydrogens (tertiary/aromatic N) is 1. The van der Waals surface area contributed by atoms with Crippen LogP contribution in [0.15, 0.2) is 48.5 Å². The van der Waals surface area contributed by atoms with Gasteiger partial charge in [-0.2, -0.15) is 0 Å². The van der Waals surface area contributed by atoms with Crippen LogP contribution >= 0.6 is 0 Å². The minimum atomic E-state index is -0.296. The summed E-state index contributed by atoms with van der Waals surface area (Å²) in [4.78, 5) is 25.4. The summed E-state index contributed by atoms with van der Waals surface area (Å²) in [6.07, 6.45) is 2.48. The molecule has 118 valence electrons. The third kappa shape index (κ3) is 3.17. The van der Waals surface area contributed by atoms with E-state index in [9.17, 15) is 9.59 Å². The molecule has 4 heteroatoms. The fraction of sp³-hybridized carbons (Fsp3) is 0.263. The molecule has 1 N–H and O–H groups in total. The molecule has 0 aromatic heterocycles. The van der Waals surface area contributed by atoms with Crippen molar-refractivity contribution in [1.82, 2.24) is 4.90 Å². The Kier molecular flexibility index (Phi) is 4.53. The second kappa shape index (κ2) is 6.75. The molecule has 3 rings (SSSR count). The minimum absolute atomic E-state index is 0.0147. The van der Waals surface area contributed by atoms with Crippen LogP contribution in [-0.2, 0) is 11.4 Å². The highest BCUT2D eigenvalue weighted by molar-refractivity contribution is 5.97. The summed E-state index contributed by atoms with van der Waals surface area (Å²) in [7, 11) is 0. The highest BCUT2D eigenvalue weighted by atomic mass is 16.3. The number of hydrogen-bond acceptors (Lipinski definition) is 3. The monoisotopic (exact) mass is 309 g/mol. The molecular weight excluding hydrogens is 290 g/mol. The van der Waals surface area contributed by atoms with Crippen molar-refractivity contribution in [3.8, 4) is 11.1 Å². The van der Waals surface area contributed by atoms with Gasteiger partial charge in [0.05, 0.1) is 12.6 Å². The van der Waals surface area contributed by atoms with E-state index >= 15 is 0 Å². The van der Waals surface area contributed by atoms with Crippen molar-refractivity contribution in [3.63, 3.8) is 0 Å². The van der Waals surface area contributed by atoms with Crippen LogP contribution in [0.2, 0.25) is 0 Å². The van der Waals surface area contributed by atoms with E-state index in [4.69, 9.17) is 5.11 Å². The van der Waals surface area contributed by atoms with E-state index in [2.05, 4.69) is 0 Å². The van der Waals surface area contributed by atoms with Gasteiger partial charge in [0.1, 0.15) is 6.29 Å². The van der Waals surface area contributed by atoms with Gasteiger partial charge in [0.25, 0.3) is 5.91 Å². The highest BCUT2D eigenvalue weighted by Gasteiger charge is 2.28. The van der Waals surface area contributed by atoms with Crippen LogP contribution in [0.25, 0.3) is 11.1 Å². The van der Waals surface area contributed by atoms with E-state index < -0.39 is 0 Å². The molecule has 1 heterocycles. The standard InChI is InChI=1S/C19H19NO3/c21-12-14-6-8-15(9-7-14)16-3-1-4-17(11-16)19(23)20-10-2-5-18(20)13-22/h1,3-4,6-9,11,13,18,21H,2,5,10,12H2. The van der Waals surface area contributed by atoms with Crippen molar-refractivity contribution in [2.24, 2.45) is 0 Å². The van der Waals surface area contributed by atoms with Crippen LogP contribution in [0, 0.1) is 0 Å². The molecule has 1 fully saturated rings. The molecule has 23 heavy (non-hydrogen) atoms. The third-order valence-electron chi connectivity index (χ3n) is 4.30. The van der Waals surface area contributed by atoms with E-state index in [0.29, 0.717) is 12.1 Å². The third-order valence-corrected chi connectivity index (χ3v) is 4.30. The molecule has 1 atom stereocenters. The van der Waals surface area contributed by atoms with Crippen molar-refractivity contribution in [2.75, 3.05) is 6.54 Å².